The van der Waals surface area contributed by atoms with E-state index in [1.54, 1.807) is 12.1 Å². The summed E-state index contributed by atoms with van der Waals surface area (Å²) in [6, 6.07) is 20.0. The SMILES string of the molecule is Cc1ccc(-c2cc(OCC3CCNC3)nn2-c2ccc(C#N)cc2)cc1. The minimum Gasteiger partial charge on any atom is -0.476 e. The molecular formula is C22H22N4O. The third-order valence-electron chi connectivity index (χ3n) is 4.90. The largest absolute Gasteiger partial charge is 0.476 e. The zero-order valence-corrected chi connectivity index (χ0v) is 15.4. The van der Waals surface area contributed by atoms with E-state index in [-0.39, 0.29) is 0 Å². The summed E-state index contributed by atoms with van der Waals surface area (Å²) in [4.78, 5) is 0. The van der Waals surface area contributed by atoms with Gasteiger partial charge in [-0.2, -0.15) is 5.26 Å². The molecule has 1 aliphatic rings. The van der Waals surface area contributed by atoms with Crippen LogP contribution < -0.4 is 10.1 Å². The van der Waals surface area contributed by atoms with Gasteiger partial charge in [0.1, 0.15) is 0 Å². The Hall–Kier alpha value is -3.10. The molecule has 1 aromatic heterocycles. The van der Waals surface area contributed by atoms with E-state index in [1.165, 1.54) is 5.56 Å². The van der Waals surface area contributed by atoms with Crippen molar-refractivity contribution in [3.63, 3.8) is 0 Å². The molecule has 1 fully saturated rings. The molecule has 1 atom stereocenters. The Balaban J connectivity index is 1.67. The second kappa shape index (κ2) is 7.65. The highest BCUT2D eigenvalue weighted by Crippen LogP contribution is 2.28. The second-order valence-electron chi connectivity index (χ2n) is 6.97. The van der Waals surface area contributed by atoms with Gasteiger partial charge in [0.15, 0.2) is 0 Å². The number of nitrogens with zero attached hydrogens (tertiary/aromatic N) is 3. The smallest absolute Gasteiger partial charge is 0.233 e. The Morgan fingerprint density at radius 1 is 1.19 bits per heavy atom. The fourth-order valence-electron chi connectivity index (χ4n) is 3.29. The molecule has 2 heterocycles. The van der Waals surface area contributed by atoms with E-state index < -0.39 is 0 Å². The second-order valence-corrected chi connectivity index (χ2v) is 6.97. The zero-order chi connectivity index (χ0) is 18.6. The van der Waals surface area contributed by atoms with E-state index in [4.69, 9.17) is 10.00 Å². The molecule has 0 radical (unpaired) electrons. The average Bonchev–Trinajstić information content (AvgIpc) is 3.37. The van der Waals surface area contributed by atoms with Crippen molar-refractivity contribution < 1.29 is 4.74 Å². The van der Waals surface area contributed by atoms with Crippen LogP contribution in [0.5, 0.6) is 5.88 Å². The molecule has 5 heteroatoms. The van der Waals surface area contributed by atoms with Crippen LogP contribution >= 0.6 is 0 Å². The molecule has 0 aliphatic carbocycles. The van der Waals surface area contributed by atoms with Gasteiger partial charge < -0.3 is 10.1 Å². The lowest BCUT2D eigenvalue weighted by Crippen LogP contribution is -2.15. The topological polar surface area (TPSA) is 62.9 Å². The monoisotopic (exact) mass is 358 g/mol. The minimum absolute atomic E-state index is 0.535. The van der Waals surface area contributed by atoms with Crippen LogP contribution in [0.15, 0.2) is 54.6 Å². The number of hydrogen-bond donors (Lipinski definition) is 1. The van der Waals surface area contributed by atoms with Crippen LogP contribution in [0.2, 0.25) is 0 Å². The first kappa shape index (κ1) is 17.3. The number of nitrogens with one attached hydrogen (secondary N) is 1. The molecule has 0 bridgehead atoms. The van der Waals surface area contributed by atoms with E-state index in [1.807, 2.05) is 22.9 Å². The molecule has 1 unspecified atom stereocenters. The number of ether oxygens (including phenoxy) is 1. The lowest BCUT2D eigenvalue weighted by atomic mass is 10.1. The zero-order valence-electron chi connectivity index (χ0n) is 15.4. The van der Waals surface area contributed by atoms with Crippen LogP contribution in [-0.2, 0) is 0 Å². The Labute approximate surface area is 159 Å². The summed E-state index contributed by atoms with van der Waals surface area (Å²) in [5.41, 5.74) is 4.80. The molecule has 0 spiro atoms. The summed E-state index contributed by atoms with van der Waals surface area (Å²) in [5, 5.41) is 17.1. The Morgan fingerprint density at radius 3 is 2.63 bits per heavy atom. The van der Waals surface area contributed by atoms with E-state index in [2.05, 4.69) is 47.7 Å². The standard InChI is InChI=1S/C22H22N4O/c1-16-2-6-19(7-3-16)21-12-22(27-15-18-10-11-24-14-18)25-26(21)20-8-4-17(13-23)5-9-20/h2-9,12,18,24H,10-11,14-15H2,1H3. The van der Waals surface area contributed by atoms with Crippen molar-refractivity contribution in [2.45, 2.75) is 13.3 Å². The predicted octanol–water partition coefficient (Wildman–Crippen LogP) is 3.71. The van der Waals surface area contributed by atoms with Gasteiger partial charge in [-0.1, -0.05) is 29.8 Å². The molecular weight excluding hydrogens is 336 g/mol. The molecule has 2 aromatic carbocycles. The van der Waals surface area contributed by atoms with Crippen molar-refractivity contribution in [3.05, 3.63) is 65.7 Å². The van der Waals surface area contributed by atoms with Gasteiger partial charge in [-0.05, 0) is 44.2 Å². The normalized spacial score (nSPS) is 16.2. The van der Waals surface area contributed by atoms with E-state index >= 15 is 0 Å². The maximum absolute atomic E-state index is 9.04. The van der Waals surface area contributed by atoms with Crippen LogP contribution in [0.1, 0.15) is 17.5 Å². The van der Waals surface area contributed by atoms with Crippen LogP contribution in [0.3, 0.4) is 0 Å². The molecule has 1 saturated heterocycles. The molecule has 1 N–H and O–H groups in total. The van der Waals surface area contributed by atoms with Gasteiger partial charge in [0.2, 0.25) is 5.88 Å². The van der Waals surface area contributed by atoms with Crippen molar-refractivity contribution in [1.29, 1.82) is 5.26 Å². The van der Waals surface area contributed by atoms with Crippen molar-refractivity contribution in [3.8, 4) is 28.9 Å². The van der Waals surface area contributed by atoms with Crippen molar-refractivity contribution in [2.24, 2.45) is 5.92 Å². The van der Waals surface area contributed by atoms with Crippen LogP contribution in [0.4, 0.5) is 0 Å². The fourth-order valence-corrected chi connectivity index (χ4v) is 3.29. The van der Waals surface area contributed by atoms with Gasteiger partial charge >= 0.3 is 0 Å². The summed E-state index contributed by atoms with van der Waals surface area (Å²) >= 11 is 0. The summed E-state index contributed by atoms with van der Waals surface area (Å²) in [6.07, 6.45) is 1.14. The highest BCUT2D eigenvalue weighted by molar-refractivity contribution is 5.64. The van der Waals surface area contributed by atoms with Crippen LogP contribution in [0.25, 0.3) is 16.9 Å². The number of hydrogen-bond acceptors (Lipinski definition) is 4. The van der Waals surface area contributed by atoms with Crippen LogP contribution in [-0.4, -0.2) is 29.5 Å². The molecule has 4 rings (SSSR count). The van der Waals surface area contributed by atoms with Gasteiger partial charge in [0, 0.05) is 24.1 Å². The van der Waals surface area contributed by atoms with E-state index in [9.17, 15) is 0 Å². The van der Waals surface area contributed by atoms with Gasteiger partial charge in [0.25, 0.3) is 0 Å². The Kier molecular flexibility index (Phi) is 4.91. The third-order valence-corrected chi connectivity index (χ3v) is 4.90. The number of aryl methyl sites for hydroxylation is 1. The number of rotatable bonds is 5. The van der Waals surface area contributed by atoms with Gasteiger partial charge in [-0.15, -0.1) is 5.10 Å². The van der Waals surface area contributed by atoms with Crippen LogP contribution in [0, 0.1) is 24.2 Å². The third kappa shape index (κ3) is 3.86. The van der Waals surface area contributed by atoms with E-state index in [0.717, 1.165) is 36.5 Å². The first-order valence-electron chi connectivity index (χ1n) is 9.24. The lowest BCUT2D eigenvalue weighted by molar-refractivity contribution is 0.250. The Bertz CT molecular complexity index is 945. The number of aromatic nitrogens is 2. The summed E-state index contributed by atoms with van der Waals surface area (Å²) in [7, 11) is 0. The fraction of sp³-hybridized carbons (Fsp3) is 0.273. The summed E-state index contributed by atoms with van der Waals surface area (Å²) < 4.78 is 7.88. The van der Waals surface area contributed by atoms with Gasteiger partial charge in [-0.3, -0.25) is 0 Å². The highest BCUT2D eigenvalue weighted by Gasteiger charge is 2.17. The molecule has 27 heavy (non-hydrogen) atoms. The number of nitriles is 1. The van der Waals surface area contributed by atoms with Crippen molar-refractivity contribution in [1.82, 2.24) is 15.1 Å². The predicted molar refractivity (Wildman–Crippen MR) is 105 cm³/mol. The molecule has 0 amide bonds. The molecule has 3 aromatic rings. The minimum atomic E-state index is 0.535. The summed E-state index contributed by atoms with van der Waals surface area (Å²) in [5.74, 6) is 1.16. The average molecular weight is 358 g/mol. The Morgan fingerprint density at radius 2 is 1.96 bits per heavy atom. The first-order valence-corrected chi connectivity index (χ1v) is 9.24. The maximum atomic E-state index is 9.04. The number of benzene rings is 2. The van der Waals surface area contributed by atoms with Crippen molar-refractivity contribution in [2.75, 3.05) is 19.7 Å². The quantitative estimate of drug-likeness (QED) is 0.755. The molecule has 136 valence electrons. The molecule has 1 aliphatic heterocycles. The van der Waals surface area contributed by atoms with Gasteiger partial charge in [0.05, 0.1) is 29.6 Å². The summed E-state index contributed by atoms with van der Waals surface area (Å²) in [6.45, 7) is 4.81. The van der Waals surface area contributed by atoms with Gasteiger partial charge in [-0.25, -0.2) is 4.68 Å². The highest BCUT2D eigenvalue weighted by atomic mass is 16.5. The first-order chi connectivity index (χ1) is 13.2. The van der Waals surface area contributed by atoms with E-state index in [0.29, 0.717) is 24.0 Å². The lowest BCUT2D eigenvalue weighted by Gasteiger charge is -2.08. The molecule has 5 nitrogen and oxygen atoms in total. The van der Waals surface area contributed by atoms with Crippen molar-refractivity contribution >= 4 is 0 Å². The maximum Gasteiger partial charge on any atom is 0.233 e. The molecule has 0 saturated carbocycles.